The molecule has 1 fully saturated rings. The third kappa shape index (κ3) is 3.73. The summed E-state index contributed by atoms with van der Waals surface area (Å²) in [5.74, 6) is 0.00211. The molecule has 1 saturated heterocycles. The molecule has 1 unspecified atom stereocenters. The molecule has 6 nitrogen and oxygen atoms in total. The zero-order chi connectivity index (χ0) is 17.2. The van der Waals surface area contributed by atoms with E-state index in [1.54, 1.807) is 24.0 Å². The summed E-state index contributed by atoms with van der Waals surface area (Å²) in [4.78, 5) is 13.7. The molecule has 126 valence electrons. The Hall–Kier alpha value is -2.41. The van der Waals surface area contributed by atoms with Gasteiger partial charge in [0.2, 0.25) is 5.91 Å². The Morgan fingerprint density at radius 3 is 2.75 bits per heavy atom. The highest BCUT2D eigenvalue weighted by Crippen LogP contribution is 2.17. The van der Waals surface area contributed by atoms with E-state index in [4.69, 9.17) is 0 Å². The van der Waals surface area contributed by atoms with Gasteiger partial charge in [0.1, 0.15) is 0 Å². The van der Waals surface area contributed by atoms with Crippen LogP contribution in [0.25, 0.3) is 11.8 Å². The Labute approximate surface area is 141 Å². The Balaban J connectivity index is 1.65. The standard InChI is InChI=1S/C17H19N3O3S/c1-19(16-9-10-24(22,23)13-16)17(21)8-7-14-11-18-20(12-14)15-5-3-2-4-6-15/h2-8,11-12,16H,9-10,13H2,1H3/b8-7+. The molecule has 7 heteroatoms. The lowest BCUT2D eigenvalue weighted by Crippen LogP contribution is -2.36. The first-order chi connectivity index (χ1) is 11.4. The van der Waals surface area contributed by atoms with Gasteiger partial charge in [0.25, 0.3) is 0 Å². The lowest BCUT2D eigenvalue weighted by Gasteiger charge is -2.21. The number of para-hydroxylation sites is 1. The molecule has 0 N–H and O–H groups in total. The number of amides is 1. The smallest absolute Gasteiger partial charge is 0.246 e. The topological polar surface area (TPSA) is 72.3 Å². The van der Waals surface area contributed by atoms with Crippen LogP contribution in [0, 0.1) is 0 Å². The molecule has 0 radical (unpaired) electrons. The first-order valence-corrected chi connectivity index (χ1v) is 9.52. The molecule has 2 heterocycles. The molecule has 0 spiro atoms. The van der Waals surface area contributed by atoms with Crippen molar-refractivity contribution in [2.75, 3.05) is 18.6 Å². The second-order valence-electron chi connectivity index (χ2n) is 5.89. The Morgan fingerprint density at radius 2 is 2.08 bits per heavy atom. The summed E-state index contributed by atoms with van der Waals surface area (Å²) in [6.07, 6.45) is 7.16. The van der Waals surface area contributed by atoms with Gasteiger partial charge in [0, 0.05) is 30.9 Å². The van der Waals surface area contributed by atoms with Crippen LogP contribution in [0.3, 0.4) is 0 Å². The van der Waals surface area contributed by atoms with Crippen LogP contribution in [-0.4, -0.2) is 53.6 Å². The monoisotopic (exact) mass is 345 g/mol. The van der Waals surface area contributed by atoms with E-state index < -0.39 is 9.84 Å². The summed E-state index contributed by atoms with van der Waals surface area (Å²) < 4.78 is 24.8. The summed E-state index contributed by atoms with van der Waals surface area (Å²) in [7, 11) is -1.36. The number of hydrogen-bond acceptors (Lipinski definition) is 4. The molecular formula is C17H19N3O3S. The van der Waals surface area contributed by atoms with E-state index in [-0.39, 0.29) is 23.5 Å². The predicted octanol–water partition coefficient (Wildman–Crippen LogP) is 1.53. The molecule has 0 bridgehead atoms. The predicted molar refractivity (Wildman–Crippen MR) is 92.4 cm³/mol. The third-order valence-electron chi connectivity index (χ3n) is 4.15. The Morgan fingerprint density at radius 1 is 1.33 bits per heavy atom. The molecule has 1 atom stereocenters. The van der Waals surface area contributed by atoms with Crippen LogP contribution in [0.5, 0.6) is 0 Å². The van der Waals surface area contributed by atoms with Crippen LogP contribution in [0.2, 0.25) is 0 Å². The van der Waals surface area contributed by atoms with Crippen molar-refractivity contribution in [2.45, 2.75) is 12.5 Å². The normalized spacial score (nSPS) is 19.6. The summed E-state index contributed by atoms with van der Waals surface area (Å²) in [5.41, 5.74) is 1.75. The zero-order valence-electron chi connectivity index (χ0n) is 13.4. The molecule has 2 aromatic rings. The first-order valence-electron chi connectivity index (χ1n) is 7.70. The van der Waals surface area contributed by atoms with Crippen LogP contribution >= 0.6 is 0 Å². The number of sulfone groups is 1. The van der Waals surface area contributed by atoms with E-state index in [0.717, 1.165) is 11.3 Å². The van der Waals surface area contributed by atoms with Gasteiger partial charge in [-0.25, -0.2) is 13.1 Å². The molecule has 1 aliphatic heterocycles. The van der Waals surface area contributed by atoms with Crippen LogP contribution in [-0.2, 0) is 14.6 Å². The Kier molecular flexibility index (Phi) is 4.53. The molecule has 0 saturated carbocycles. The maximum absolute atomic E-state index is 12.2. The van der Waals surface area contributed by atoms with Gasteiger partial charge in [0.05, 0.1) is 23.4 Å². The quantitative estimate of drug-likeness (QED) is 0.788. The van der Waals surface area contributed by atoms with Crippen LogP contribution in [0.1, 0.15) is 12.0 Å². The second-order valence-corrected chi connectivity index (χ2v) is 8.12. The largest absolute Gasteiger partial charge is 0.338 e. The number of likely N-dealkylation sites (N-methyl/N-ethyl adjacent to an activating group) is 1. The van der Waals surface area contributed by atoms with Crippen molar-refractivity contribution in [3.63, 3.8) is 0 Å². The molecule has 1 aliphatic rings. The lowest BCUT2D eigenvalue weighted by atomic mass is 10.2. The Bertz CT molecular complexity index is 856. The average Bonchev–Trinajstić information content (AvgIpc) is 3.19. The van der Waals surface area contributed by atoms with Gasteiger partial charge in [-0.15, -0.1) is 0 Å². The fraction of sp³-hybridized carbons (Fsp3) is 0.294. The van der Waals surface area contributed by atoms with E-state index in [2.05, 4.69) is 5.10 Å². The first kappa shape index (κ1) is 16.4. The van der Waals surface area contributed by atoms with E-state index in [0.29, 0.717) is 6.42 Å². The van der Waals surface area contributed by atoms with E-state index in [9.17, 15) is 13.2 Å². The molecule has 1 aromatic carbocycles. The highest BCUT2D eigenvalue weighted by Gasteiger charge is 2.31. The van der Waals surface area contributed by atoms with Crippen molar-refractivity contribution in [3.05, 3.63) is 54.4 Å². The summed E-state index contributed by atoms with van der Waals surface area (Å²) in [5, 5.41) is 4.27. The minimum Gasteiger partial charge on any atom is -0.338 e. The molecule has 1 aromatic heterocycles. The number of nitrogens with zero attached hydrogens (tertiary/aromatic N) is 3. The van der Waals surface area contributed by atoms with Gasteiger partial charge in [-0.2, -0.15) is 5.10 Å². The number of hydrogen-bond donors (Lipinski definition) is 0. The van der Waals surface area contributed by atoms with Gasteiger partial charge in [0.15, 0.2) is 9.84 Å². The third-order valence-corrected chi connectivity index (χ3v) is 5.90. The van der Waals surface area contributed by atoms with Crippen LogP contribution < -0.4 is 0 Å². The molecular weight excluding hydrogens is 326 g/mol. The second kappa shape index (κ2) is 6.60. The molecule has 3 rings (SSSR count). The van der Waals surface area contributed by atoms with Crippen molar-refractivity contribution in [1.29, 1.82) is 0 Å². The molecule has 0 aliphatic carbocycles. The molecule has 24 heavy (non-hydrogen) atoms. The average molecular weight is 345 g/mol. The molecule has 1 amide bonds. The van der Waals surface area contributed by atoms with Crippen molar-refractivity contribution in [3.8, 4) is 5.69 Å². The van der Waals surface area contributed by atoms with Crippen molar-refractivity contribution in [1.82, 2.24) is 14.7 Å². The maximum Gasteiger partial charge on any atom is 0.246 e. The zero-order valence-corrected chi connectivity index (χ0v) is 14.2. The number of carbonyl (C=O) groups is 1. The summed E-state index contributed by atoms with van der Waals surface area (Å²) in [6.45, 7) is 0. The van der Waals surface area contributed by atoms with Crippen LogP contribution in [0.15, 0.2) is 48.8 Å². The SMILES string of the molecule is CN(C(=O)/C=C/c1cnn(-c2ccccc2)c1)C1CCS(=O)(=O)C1. The highest BCUT2D eigenvalue weighted by molar-refractivity contribution is 7.91. The van der Waals surface area contributed by atoms with Crippen LogP contribution in [0.4, 0.5) is 0 Å². The fourth-order valence-electron chi connectivity index (χ4n) is 2.69. The highest BCUT2D eigenvalue weighted by atomic mass is 32.2. The van der Waals surface area contributed by atoms with Gasteiger partial charge in [-0.1, -0.05) is 18.2 Å². The summed E-state index contributed by atoms with van der Waals surface area (Å²) >= 11 is 0. The number of aromatic nitrogens is 2. The van der Waals surface area contributed by atoms with Gasteiger partial charge < -0.3 is 4.90 Å². The van der Waals surface area contributed by atoms with E-state index >= 15 is 0 Å². The minimum absolute atomic E-state index is 0.0506. The van der Waals surface area contributed by atoms with Gasteiger partial charge in [-0.3, -0.25) is 4.79 Å². The minimum atomic E-state index is -3.00. The van der Waals surface area contributed by atoms with Crippen molar-refractivity contribution >= 4 is 21.8 Å². The number of benzene rings is 1. The maximum atomic E-state index is 12.2. The van der Waals surface area contributed by atoms with Gasteiger partial charge in [-0.05, 0) is 24.6 Å². The van der Waals surface area contributed by atoms with E-state index in [1.807, 2.05) is 36.5 Å². The fourth-order valence-corrected chi connectivity index (χ4v) is 4.46. The summed E-state index contributed by atoms with van der Waals surface area (Å²) in [6, 6.07) is 9.45. The van der Waals surface area contributed by atoms with E-state index in [1.165, 1.54) is 11.0 Å². The van der Waals surface area contributed by atoms with Crippen molar-refractivity contribution < 1.29 is 13.2 Å². The van der Waals surface area contributed by atoms with Gasteiger partial charge >= 0.3 is 0 Å². The number of carbonyl (C=O) groups excluding carboxylic acids is 1. The lowest BCUT2D eigenvalue weighted by molar-refractivity contribution is -0.126. The number of rotatable bonds is 4. The van der Waals surface area contributed by atoms with Crippen molar-refractivity contribution in [2.24, 2.45) is 0 Å².